The minimum absolute atomic E-state index is 1.20. The standard InChI is InChI=1S/C52H34/c1-2-15-37-31-43(30-29-35(37)13-1)41-20-10-18-39(33-41)38-17-9-19-40(32-38)42-21-11-22-44(34-42)51-47-24-5-7-26-49(47)52(50-27-8-6-25-48(50)51)46-28-12-16-36-14-3-4-23-45(36)46/h1-34H. The topological polar surface area (TPSA) is 0 Å². The highest BCUT2D eigenvalue weighted by Crippen LogP contribution is 2.45. The summed E-state index contributed by atoms with van der Waals surface area (Å²) >= 11 is 0. The average molecular weight is 659 g/mol. The van der Waals surface area contributed by atoms with Crippen LogP contribution in [0.3, 0.4) is 0 Å². The van der Waals surface area contributed by atoms with Crippen LogP contribution >= 0.6 is 0 Å². The third kappa shape index (κ3) is 5.16. The first-order chi connectivity index (χ1) is 25.8. The molecule has 0 nitrogen and oxygen atoms in total. The summed E-state index contributed by atoms with van der Waals surface area (Å²) in [6.45, 7) is 0. The van der Waals surface area contributed by atoms with Crippen molar-refractivity contribution in [2.24, 2.45) is 0 Å². The number of hydrogen-bond acceptors (Lipinski definition) is 0. The predicted molar refractivity (Wildman–Crippen MR) is 224 cm³/mol. The summed E-state index contributed by atoms with van der Waals surface area (Å²) in [6, 6.07) is 75.5. The van der Waals surface area contributed by atoms with Crippen LogP contribution in [0.25, 0.3) is 98.7 Å². The summed E-state index contributed by atoms with van der Waals surface area (Å²) in [5.74, 6) is 0. The molecule has 0 aromatic heterocycles. The molecule has 10 aromatic rings. The molecule has 0 amide bonds. The van der Waals surface area contributed by atoms with Gasteiger partial charge in [-0.2, -0.15) is 0 Å². The molecule has 0 atom stereocenters. The van der Waals surface area contributed by atoms with E-state index in [0.29, 0.717) is 0 Å². The first-order valence-corrected chi connectivity index (χ1v) is 18.0. The normalized spacial score (nSPS) is 11.5. The van der Waals surface area contributed by atoms with Gasteiger partial charge in [0.2, 0.25) is 0 Å². The van der Waals surface area contributed by atoms with Crippen molar-refractivity contribution >= 4 is 43.1 Å². The van der Waals surface area contributed by atoms with Gasteiger partial charge in [-0.05, 0) is 123 Å². The van der Waals surface area contributed by atoms with Gasteiger partial charge in [-0.25, -0.2) is 0 Å². The fourth-order valence-electron chi connectivity index (χ4n) is 8.15. The molecule has 0 radical (unpaired) electrons. The Bertz CT molecular complexity index is 2900. The highest BCUT2D eigenvalue weighted by Gasteiger charge is 2.18. The summed E-state index contributed by atoms with van der Waals surface area (Å²) in [5, 5.41) is 10.1. The van der Waals surface area contributed by atoms with Crippen LogP contribution in [0, 0.1) is 0 Å². The molecule has 0 spiro atoms. The molecule has 0 N–H and O–H groups in total. The molecule has 52 heavy (non-hydrogen) atoms. The molecule has 0 unspecified atom stereocenters. The van der Waals surface area contributed by atoms with E-state index in [1.807, 2.05) is 0 Å². The van der Waals surface area contributed by atoms with Crippen LogP contribution in [-0.2, 0) is 0 Å². The van der Waals surface area contributed by atoms with Crippen LogP contribution < -0.4 is 0 Å². The van der Waals surface area contributed by atoms with E-state index in [1.165, 1.54) is 98.7 Å². The van der Waals surface area contributed by atoms with Gasteiger partial charge in [-0.15, -0.1) is 0 Å². The molecule has 0 heteroatoms. The number of hydrogen-bond donors (Lipinski definition) is 0. The van der Waals surface area contributed by atoms with Crippen molar-refractivity contribution in [2.75, 3.05) is 0 Å². The quantitative estimate of drug-likeness (QED) is 0.161. The fraction of sp³-hybridized carbons (Fsp3) is 0. The number of rotatable bonds is 5. The molecule has 10 aromatic carbocycles. The second-order valence-corrected chi connectivity index (χ2v) is 13.7. The summed E-state index contributed by atoms with van der Waals surface area (Å²) < 4.78 is 0. The summed E-state index contributed by atoms with van der Waals surface area (Å²) in [4.78, 5) is 0. The van der Waals surface area contributed by atoms with Gasteiger partial charge in [0.25, 0.3) is 0 Å². The second kappa shape index (κ2) is 12.5. The van der Waals surface area contributed by atoms with Crippen molar-refractivity contribution < 1.29 is 0 Å². The van der Waals surface area contributed by atoms with E-state index in [9.17, 15) is 0 Å². The maximum Gasteiger partial charge on any atom is -0.00201 e. The van der Waals surface area contributed by atoms with Gasteiger partial charge in [-0.1, -0.05) is 182 Å². The number of fused-ring (bicyclic) bond motifs is 4. The van der Waals surface area contributed by atoms with Crippen LogP contribution in [0.5, 0.6) is 0 Å². The van der Waals surface area contributed by atoms with E-state index in [0.717, 1.165) is 0 Å². The second-order valence-electron chi connectivity index (χ2n) is 13.7. The molecular formula is C52H34. The first kappa shape index (κ1) is 30.1. The van der Waals surface area contributed by atoms with Crippen LogP contribution in [-0.4, -0.2) is 0 Å². The van der Waals surface area contributed by atoms with Crippen LogP contribution in [0.1, 0.15) is 0 Å². The zero-order valence-electron chi connectivity index (χ0n) is 28.6. The average Bonchev–Trinajstić information content (AvgIpc) is 3.22. The Balaban J connectivity index is 1.09. The van der Waals surface area contributed by atoms with Crippen molar-refractivity contribution in [3.63, 3.8) is 0 Å². The van der Waals surface area contributed by atoms with Crippen molar-refractivity contribution in [1.29, 1.82) is 0 Å². The highest BCUT2D eigenvalue weighted by atomic mass is 14.2. The van der Waals surface area contributed by atoms with Crippen molar-refractivity contribution in [3.05, 3.63) is 206 Å². The van der Waals surface area contributed by atoms with Gasteiger partial charge in [0, 0.05) is 0 Å². The van der Waals surface area contributed by atoms with E-state index in [2.05, 4.69) is 206 Å². The lowest BCUT2D eigenvalue weighted by Crippen LogP contribution is -1.92. The Morgan fingerprint density at radius 1 is 0.192 bits per heavy atom. The summed E-state index contributed by atoms with van der Waals surface area (Å²) in [5.41, 5.74) is 12.3. The lowest BCUT2D eigenvalue weighted by atomic mass is 9.84. The van der Waals surface area contributed by atoms with Gasteiger partial charge in [0.1, 0.15) is 0 Å². The van der Waals surface area contributed by atoms with Crippen molar-refractivity contribution in [1.82, 2.24) is 0 Å². The zero-order valence-corrected chi connectivity index (χ0v) is 28.6. The van der Waals surface area contributed by atoms with Gasteiger partial charge in [0.05, 0.1) is 0 Å². The van der Waals surface area contributed by atoms with Crippen LogP contribution in [0.4, 0.5) is 0 Å². The van der Waals surface area contributed by atoms with Gasteiger partial charge in [-0.3, -0.25) is 0 Å². The Morgan fingerprint density at radius 2 is 0.577 bits per heavy atom. The Morgan fingerprint density at radius 3 is 1.15 bits per heavy atom. The summed E-state index contributed by atoms with van der Waals surface area (Å²) in [7, 11) is 0. The highest BCUT2D eigenvalue weighted by molar-refractivity contribution is 6.23. The molecule has 0 saturated heterocycles. The molecular weight excluding hydrogens is 625 g/mol. The fourth-order valence-corrected chi connectivity index (χ4v) is 8.15. The van der Waals surface area contributed by atoms with Crippen molar-refractivity contribution in [3.8, 4) is 55.6 Å². The first-order valence-electron chi connectivity index (χ1n) is 18.0. The van der Waals surface area contributed by atoms with Gasteiger partial charge < -0.3 is 0 Å². The third-order valence-electron chi connectivity index (χ3n) is 10.6. The van der Waals surface area contributed by atoms with E-state index in [1.54, 1.807) is 0 Å². The molecule has 242 valence electrons. The van der Waals surface area contributed by atoms with E-state index in [-0.39, 0.29) is 0 Å². The Labute approximate surface area is 303 Å². The molecule has 0 bridgehead atoms. The predicted octanol–water partition coefficient (Wildman–Crippen LogP) is 14.6. The molecule has 0 heterocycles. The lowest BCUT2D eigenvalue weighted by Gasteiger charge is -2.19. The maximum atomic E-state index is 2.37. The smallest absolute Gasteiger partial charge is 0.00201 e. The minimum Gasteiger partial charge on any atom is -0.0616 e. The van der Waals surface area contributed by atoms with Gasteiger partial charge in [0.15, 0.2) is 0 Å². The Hall–Kier alpha value is -6.76. The van der Waals surface area contributed by atoms with Gasteiger partial charge >= 0.3 is 0 Å². The lowest BCUT2D eigenvalue weighted by molar-refractivity contribution is 1.58. The maximum absolute atomic E-state index is 2.37. The van der Waals surface area contributed by atoms with E-state index >= 15 is 0 Å². The van der Waals surface area contributed by atoms with Crippen LogP contribution in [0.2, 0.25) is 0 Å². The molecule has 10 rings (SSSR count). The zero-order chi connectivity index (χ0) is 34.4. The van der Waals surface area contributed by atoms with E-state index < -0.39 is 0 Å². The SMILES string of the molecule is c1cc(-c2cccc(-c3ccc4ccccc4c3)c2)cc(-c2cccc(-c3c4ccccc4c(-c4cccc5ccccc45)c4ccccc34)c2)c1. The molecule has 0 aliphatic carbocycles. The molecule has 0 aliphatic rings. The molecule has 0 aliphatic heterocycles. The van der Waals surface area contributed by atoms with E-state index in [4.69, 9.17) is 0 Å². The number of benzene rings is 10. The van der Waals surface area contributed by atoms with Crippen LogP contribution in [0.15, 0.2) is 206 Å². The Kier molecular flexibility index (Phi) is 7.25. The summed E-state index contributed by atoms with van der Waals surface area (Å²) in [6.07, 6.45) is 0. The minimum atomic E-state index is 1.20. The largest absolute Gasteiger partial charge is 0.0616 e. The monoisotopic (exact) mass is 658 g/mol. The molecule has 0 saturated carbocycles. The third-order valence-corrected chi connectivity index (χ3v) is 10.6. The molecule has 0 fully saturated rings. The van der Waals surface area contributed by atoms with Crippen molar-refractivity contribution in [2.45, 2.75) is 0 Å².